The Morgan fingerprint density at radius 3 is 1.30 bits per heavy atom. The SMILES string of the molecule is CC(=O)N(c1onc(C)c1C)S(=O)(=O)c1ccc(N)cc1.CC[C@@H](C)CCCCC(=O)N[C@@H](CCNCS(=O)(=O)O)C(=O)N[C@H](C(=O)N[C@@H](CCNCS(=O)(=O)O)C(=O)N[C@H]1CCNC(=O)[C@H]([C@@H](C)O)NC(=O)[C@H](CCNCS(=O)(=O)O)NC(=O)[C@H](CCNCS(=O)(=O)O)NC(=O)[C@H](CC(C)C)NC(=O)[C@@H](CC(C)C)NC(=O)[C@H](CCNCS(=O)(=O)O)NC1=O)[C@@H](C)O. The van der Waals surface area contributed by atoms with Crippen LogP contribution >= 0.6 is 0 Å². The fourth-order valence-corrected chi connectivity index (χ4v) is 15.4. The molecule has 1 fully saturated rings. The molecule has 0 aliphatic carbocycles. The molecule has 0 bridgehead atoms. The van der Waals surface area contributed by atoms with Crippen molar-refractivity contribution in [1.82, 2.24) is 90.2 Å². The normalized spacial score (nSPS) is 19.8. The zero-order valence-electron chi connectivity index (χ0n) is 72.7. The number of nitrogen functional groups attached to an aromatic ring is 1. The molecule has 0 radical (unpaired) electrons. The molecule has 128 heavy (non-hydrogen) atoms. The lowest BCUT2D eigenvalue weighted by molar-refractivity contribution is -0.137. The van der Waals surface area contributed by atoms with Gasteiger partial charge in [-0.2, -0.15) is 46.4 Å². The Balaban J connectivity index is 0.00000228. The first-order valence-corrected chi connectivity index (χ1v) is 49.9. The Hall–Kier alpha value is -8.91. The highest BCUT2D eigenvalue weighted by Gasteiger charge is 2.40. The van der Waals surface area contributed by atoms with Gasteiger partial charge in [-0.25, -0.2) is 8.42 Å². The van der Waals surface area contributed by atoms with Crippen molar-refractivity contribution in [2.75, 3.05) is 78.7 Å². The molecular formula is C71H125N19O32S6. The first kappa shape index (κ1) is 115. The minimum Gasteiger partial charge on any atom is -0.399 e. The zero-order chi connectivity index (χ0) is 97.6. The summed E-state index contributed by atoms with van der Waals surface area (Å²) in [6.07, 6.45) is -5.23. The van der Waals surface area contributed by atoms with Crippen molar-refractivity contribution in [3.8, 4) is 0 Å². The first-order valence-electron chi connectivity index (χ1n) is 40.5. The predicted molar refractivity (Wildman–Crippen MR) is 459 cm³/mol. The number of carbonyl (C=O) groups excluding carboxylic acids is 12. The van der Waals surface area contributed by atoms with Crippen molar-refractivity contribution >= 4 is 143 Å². The van der Waals surface area contributed by atoms with Gasteiger partial charge in [-0.3, -0.25) is 80.3 Å². The van der Waals surface area contributed by atoms with Gasteiger partial charge in [0.25, 0.3) is 66.5 Å². The Morgan fingerprint density at radius 1 is 0.516 bits per heavy atom. The van der Waals surface area contributed by atoms with Crippen molar-refractivity contribution in [3.63, 3.8) is 0 Å². The van der Waals surface area contributed by atoms with Crippen LogP contribution in [0, 0.1) is 31.6 Å². The fourth-order valence-electron chi connectivity index (χ4n) is 11.9. The Kier molecular flexibility index (Phi) is 49.2. The number of sulfonamides is 1. The monoisotopic (exact) mass is 1950 g/mol. The summed E-state index contributed by atoms with van der Waals surface area (Å²) in [5, 5.41) is 63.4. The number of aryl methyl sites for hydroxylation is 1. The van der Waals surface area contributed by atoms with Crippen molar-refractivity contribution in [2.24, 2.45) is 17.8 Å². The van der Waals surface area contributed by atoms with Crippen LogP contribution in [-0.2, 0) is 118 Å². The highest BCUT2D eigenvalue weighted by Crippen LogP contribution is 2.29. The van der Waals surface area contributed by atoms with E-state index in [0.29, 0.717) is 40.0 Å². The summed E-state index contributed by atoms with van der Waals surface area (Å²) in [5.41, 5.74) is 6.97. The van der Waals surface area contributed by atoms with Crippen LogP contribution in [0.25, 0.3) is 0 Å². The highest BCUT2D eigenvalue weighted by atomic mass is 32.2. The van der Waals surface area contributed by atoms with Gasteiger partial charge in [-0.15, -0.1) is 0 Å². The van der Waals surface area contributed by atoms with Crippen LogP contribution in [0.5, 0.6) is 0 Å². The lowest BCUT2D eigenvalue weighted by atomic mass is 9.99. The average Bonchev–Trinajstić information content (AvgIpc) is 1.46. The molecule has 1 aromatic carbocycles. The number of unbranched alkanes of at least 4 members (excludes halogenated alkanes) is 1. The second-order valence-electron chi connectivity index (χ2n) is 31.2. The second-order valence-corrected chi connectivity index (χ2v) is 40.3. The lowest BCUT2D eigenvalue weighted by Crippen LogP contribution is -2.62. The molecule has 57 heteroatoms. The number of anilines is 2. The van der Waals surface area contributed by atoms with Crippen LogP contribution in [0.2, 0.25) is 0 Å². The summed E-state index contributed by atoms with van der Waals surface area (Å²) in [6, 6.07) is -13.0. The fraction of sp³-hybridized carbons (Fsp3) is 0.704. The van der Waals surface area contributed by atoms with Gasteiger partial charge in [0, 0.05) is 31.1 Å². The van der Waals surface area contributed by atoms with Crippen molar-refractivity contribution in [3.05, 3.63) is 35.5 Å². The van der Waals surface area contributed by atoms with Crippen molar-refractivity contribution in [1.29, 1.82) is 0 Å². The average molecular weight is 1950 g/mol. The van der Waals surface area contributed by atoms with E-state index in [9.17, 15) is 141 Å². The molecule has 732 valence electrons. The van der Waals surface area contributed by atoms with E-state index < -0.39 is 310 Å². The first-order chi connectivity index (χ1) is 59.1. The Morgan fingerprint density at radius 2 is 0.914 bits per heavy atom. The molecule has 25 N–H and O–H groups in total. The molecule has 12 amide bonds. The summed E-state index contributed by atoms with van der Waals surface area (Å²) in [4.78, 5) is 170. The van der Waals surface area contributed by atoms with Gasteiger partial charge in [-0.1, -0.05) is 66.0 Å². The zero-order valence-corrected chi connectivity index (χ0v) is 77.6. The Bertz CT molecular complexity index is 4760. The molecular weight excluding hydrogens is 1820 g/mol. The van der Waals surface area contributed by atoms with E-state index in [-0.39, 0.29) is 43.0 Å². The predicted octanol–water partition coefficient (Wildman–Crippen LogP) is -6.44. The lowest BCUT2D eigenvalue weighted by Gasteiger charge is -2.29. The maximum Gasteiger partial charge on any atom is 0.278 e. The highest BCUT2D eigenvalue weighted by molar-refractivity contribution is 7.93. The number of benzene rings is 1. The van der Waals surface area contributed by atoms with E-state index in [1.165, 1.54) is 24.3 Å². The maximum absolute atomic E-state index is 14.9. The van der Waals surface area contributed by atoms with Crippen molar-refractivity contribution in [2.45, 2.75) is 237 Å². The number of hydrogen-bond acceptors (Lipinski definition) is 34. The third kappa shape index (κ3) is 46.1. The summed E-state index contributed by atoms with van der Waals surface area (Å²) in [6.45, 7) is 13.7. The molecule has 0 spiro atoms. The number of aliphatic hydroxyl groups is 2. The molecule has 3 rings (SSSR count). The van der Waals surface area contributed by atoms with Gasteiger partial charge in [0.05, 0.1) is 22.8 Å². The molecule has 1 aliphatic rings. The van der Waals surface area contributed by atoms with E-state index in [2.05, 4.69) is 90.2 Å². The van der Waals surface area contributed by atoms with E-state index >= 15 is 0 Å². The van der Waals surface area contributed by atoms with Gasteiger partial charge >= 0.3 is 0 Å². The summed E-state index contributed by atoms with van der Waals surface area (Å²) in [5.74, 6) is -19.8. The van der Waals surface area contributed by atoms with Gasteiger partial charge in [0.1, 0.15) is 89.8 Å². The van der Waals surface area contributed by atoms with Gasteiger partial charge in [0.2, 0.25) is 70.9 Å². The van der Waals surface area contributed by atoms with Crippen LogP contribution < -0.4 is 95.1 Å². The number of amides is 12. The van der Waals surface area contributed by atoms with Gasteiger partial charge < -0.3 is 106 Å². The molecule has 0 unspecified atom stereocenters. The number of rotatable bonds is 47. The third-order valence-electron chi connectivity index (χ3n) is 18.9. The number of nitrogens with two attached hydrogens (primary N) is 1. The van der Waals surface area contributed by atoms with E-state index in [1.54, 1.807) is 41.5 Å². The summed E-state index contributed by atoms with van der Waals surface area (Å²) in [7, 11) is -27.6. The molecule has 2 aromatic rings. The van der Waals surface area contributed by atoms with E-state index in [1.807, 2.05) is 13.8 Å². The van der Waals surface area contributed by atoms with Crippen LogP contribution in [0.3, 0.4) is 0 Å². The van der Waals surface area contributed by atoms with Crippen LogP contribution in [0.4, 0.5) is 11.6 Å². The quantitative estimate of drug-likeness (QED) is 0.0166. The molecule has 1 aliphatic heterocycles. The molecule has 1 saturated heterocycles. The number of nitrogens with one attached hydrogen (secondary N) is 16. The summed E-state index contributed by atoms with van der Waals surface area (Å²) < 4.78 is 194. The van der Waals surface area contributed by atoms with E-state index in [0.717, 1.165) is 33.6 Å². The largest absolute Gasteiger partial charge is 0.399 e. The van der Waals surface area contributed by atoms with Gasteiger partial charge in [-0.05, 0) is 160 Å². The number of carbonyl (C=O) groups is 12. The smallest absolute Gasteiger partial charge is 0.278 e. The minimum absolute atomic E-state index is 0.0552. The third-order valence-corrected chi connectivity index (χ3v) is 23.5. The van der Waals surface area contributed by atoms with Gasteiger partial charge in [0.15, 0.2) is 0 Å². The second kappa shape index (κ2) is 54.7. The van der Waals surface area contributed by atoms with Crippen LogP contribution in [0.1, 0.15) is 157 Å². The molecule has 51 nitrogen and oxygen atoms in total. The molecule has 0 saturated carbocycles. The van der Waals surface area contributed by atoms with Crippen LogP contribution in [0.15, 0.2) is 33.7 Å². The number of aliphatic hydroxyl groups excluding tert-OH is 2. The molecule has 1 aromatic heterocycles. The molecule has 2 heterocycles. The summed E-state index contributed by atoms with van der Waals surface area (Å²) >= 11 is 0. The number of hydrogen-bond donors (Lipinski definition) is 24. The van der Waals surface area contributed by atoms with Crippen LogP contribution in [-0.4, -0.2) is 301 Å². The topological polar surface area (TPSA) is 799 Å². The molecule has 13 atom stereocenters. The number of aromatic nitrogens is 1. The standard InChI is InChI=1S/C58H110N16O28S5.C13H15N3O4S/c1-9-35(6)12-10-11-13-46(77)65-38(14-20-59-28-103(88,89)90)53(82)74-48(37(8)76)58(87)70-41(17-23-62-31-106(97,98)99)50(79)68-43-19-25-64-57(86)47(36(7)75)73-54(83)42(18-24-63-32-107(100,101)102)67-49(78)39(15-21-60-29-104(91,92)93)69-55(84)44(26-33(2)3)72-56(85)45(27-34(4)5)71-52(81)40(66-51(43)80)16-22-61-30-105(94,95)96;1-8-9(2)15-20-13(8)16(10(3)17)21(18,19)12-6-4-11(14)5-7-12/h33-45,47-48,59-63,75-76H,9-32H2,1-8H3,(H,64,86)(H,65,77)(H,66,80)(H,67,78)(H,68,79)(H,69,84)(H,70,87)(H,71,81)(H,72,85)(H,73,83)(H,74,82)(H,88,89,90)(H,91,92,93)(H,94,95,96)(H,97,98,99)(H,100,101,102);4-7H,14H2,1-3H3/t35-,36-,37-,38+,39+,40+,41+,42+,43+,44+,45-,47+,48+;/m1./s1. The van der Waals surface area contributed by atoms with E-state index in [4.69, 9.17) is 10.3 Å². The minimum atomic E-state index is -4.77. The maximum atomic E-state index is 14.9. The Labute approximate surface area is 743 Å². The number of nitrogens with zero attached hydrogens (tertiary/aromatic N) is 2. The van der Waals surface area contributed by atoms with Crippen molar-refractivity contribution < 1.29 is 146 Å².